The molecule has 1 fully saturated rings. The lowest BCUT2D eigenvalue weighted by Gasteiger charge is -2.35. The Kier molecular flexibility index (Phi) is 6.20. The number of hydrogen-bond acceptors (Lipinski definition) is 4. The topological polar surface area (TPSA) is 41.6 Å². The van der Waals surface area contributed by atoms with E-state index < -0.39 is 0 Å². The van der Waals surface area contributed by atoms with E-state index in [1.54, 1.807) is 0 Å². The van der Waals surface area contributed by atoms with Crippen molar-refractivity contribution in [2.24, 2.45) is 0 Å². The van der Waals surface area contributed by atoms with E-state index in [0.717, 1.165) is 35.3 Å². The number of halogens is 1. The third kappa shape index (κ3) is 4.81. The molecule has 6 heteroatoms. The van der Waals surface area contributed by atoms with Crippen LogP contribution in [0.1, 0.15) is 34.6 Å². The zero-order valence-corrected chi connectivity index (χ0v) is 18.2. The Bertz CT molecular complexity index is 992. The number of amides is 1. The molecule has 2 aromatic carbocycles. The molecule has 1 amide bonds. The molecule has 1 saturated heterocycles. The second kappa shape index (κ2) is 8.84. The second-order valence-corrected chi connectivity index (χ2v) is 9.12. The van der Waals surface area contributed by atoms with Gasteiger partial charge in [0.05, 0.1) is 17.2 Å². The molecule has 3 aromatic rings. The minimum absolute atomic E-state index is 0.128. The SMILES string of the molecule is CC1CN(Cc2ccc(CNC(=O)c3sc4ccccc4c3Cl)cc2)CC(C)O1. The van der Waals surface area contributed by atoms with E-state index >= 15 is 0 Å². The van der Waals surface area contributed by atoms with E-state index in [4.69, 9.17) is 16.3 Å². The number of nitrogens with one attached hydrogen (secondary N) is 1. The molecule has 29 heavy (non-hydrogen) atoms. The highest BCUT2D eigenvalue weighted by Gasteiger charge is 2.22. The van der Waals surface area contributed by atoms with Crippen LogP contribution in [-0.2, 0) is 17.8 Å². The highest BCUT2D eigenvalue weighted by atomic mass is 35.5. The summed E-state index contributed by atoms with van der Waals surface area (Å²) >= 11 is 7.83. The first kappa shape index (κ1) is 20.4. The van der Waals surface area contributed by atoms with Gasteiger partial charge in [-0.2, -0.15) is 0 Å². The first-order chi connectivity index (χ1) is 14.0. The van der Waals surface area contributed by atoms with Crippen molar-refractivity contribution in [3.63, 3.8) is 0 Å². The van der Waals surface area contributed by atoms with Crippen LogP contribution >= 0.6 is 22.9 Å². The number of morpholine rings is 1. The summed E-state index contributed by atoms with van der Waals surface area (Å²) in [4.78, 5) is 15.6. The minimum Gasteiger partial charge on any atom is -0.373 e. The number of thiophene rings is 1. The van der Waals surface area contributed by atoms with Gasteiger partial charge in [0.25, 0.3) is 5.91 Å². The highest BCUT2D eigenvalue weighted by molar-refractivity contribution is 7.21. The van der Waals surface area contributed by atoms with Crippen molar-refractivity contribution in [1.29, 1.82) is 0 Å². The number of ether oxygens (including phenoxy) is 1. The van der Waals surface area contributed by atoms with E-state index in [1.807, 2.05) is 24.3 Å². The lowest BCUT2D eigenvalue weighted by molar-refractivity contribution is -0.0704. The number of nitrogens with zero attached hydrogens (tertiary/aromatic N) is 1. The number of benzene rings is 2. The predicted molar refractivity (Wildman–Crippen MR) is 120 cm³/mol. The summed E-state index contributed by atoms with van der Waals surface area (Å²) in [5.41, 5.74) is 2.34. The molecular weight excluding hydrogens is 404 g/mol. The van der Waals surface area contributed by atoms with Gasteiger partial charge in [0.15, 0.2) is 0 Å². The van der Waals surface area contributed by atoms with Crippen molar-refractivity contribution in [3.05, 3.63) is 69.6 Å². The van der Waals surface area contributed by atoms with Crippen molar-refractivity contribution >= 4 is 38.9 Å². The van der Waals surface area contributed by atoms with E-state index in [-0.39, 0.29) is 18.1 Å². The van der Waals surface area contributed by atoms with Crippen LogP contribution in [-0.4, -0.2) is 36.1 Å². The van der Waals surface area contributed by atoms with Crippen LogP contribution in [0.15, 0.2) is 48.5 Å². The number of fused-ring (bicyclic) bond motifs is 1. The molecular formula is C23H25ClN2O2S. The molecule has 0 aliphatic carbocycles. The van der Waals surface area contributed by atoms with Crippen molar-refractivity contribution in [3.8, 4) is 0 Å². The first-order valence-corrected chi connectivity index (χ1v) is 11.1. The molecule has 152 valence electrons. The zero-order chi connectivity index (χ0) is 20.4. The summed E-state index contributed by atoms with van der Waals surface area (Å²) in [6.07, 6.45) is 0.544. The van der Waals surface area contributed by atoms with Crippen LogP contribution in [0.4, 0.5) is 0 Å². The van der Waals surface area contributed by atoms with Gasteiger partial charge in [-0.1, -0.05) is 54.1 Å². The third-order valence-corrected chi connectivity index (χ3v) is 6.79. The molecule has 0 radical (unpaired) electrons. The smallest absolute Gasteiger partial charge is 0.263 e. The standard InChI is InChI=1S/C23H25ClN2O2S/c1-15-12-26(13-16(2)28-15)14-18-9-7-17(8-10-18)11-25-23(27)22-21(24)19-5-3-4-6-20(19)29-22/h3-10,15-16H,11-14H2,1-2H3,(H,25,27). The summed E-state index contributed by atoms with van der Waals surface area (Å²) in [7, 11) is 0. The Morgan fingerprint density at radius 1 is 1.10 bits per heavy atom. The second-order valence-electron chi connectivity index (χ2n) is 7.69. The molecule has 0 saturated carbocycles. The maximum Gasteiger partial charge on any atom is 0.263 e. The molecule has 4 rings (SSSR count). The lowest BCUT2D eigenvalue weighted by atomic mass is 10.1. The van der Waals surface area contributed by atoms with Crippen molar-refractivity contribution < 1.29 is 9.53 Å². The molecule has 0 spiro atoms. The summed E-state index contributed by atoms with van der Waals surface area (Å²) in [5, 5.41) is 4.46. The average Bonchev–Trinajstić information content (AvgIpc) is 3.03. The minimum atomic E-state index is -0.128. The fourth-order valence-corrected chi connectivity index (χ4v) is 5.29. The molecule has 1 N–H and O–H groups in total. The monoisotopic (exact) mass is 428 g/mol. The maximum absolute atomic E-state index is 12.6. The quantitative estimate of drug-likeness (QED) is 0.615. The molecule has 2 unspecified atom stereocenters. The van der Waals surface area contributed by atoms with Crippen LogP contribution < -0.4 is 5.32 Å². The van der Waals surface area contributed by atoms with Gasteiger partial charge in [0, 0.05) is 36.3 Å². The van der Waals surface area contributed by atoms with E-state index in [0.29, 0.717) is 16.4 Å². The van der Waals surface area contributed by atoms with Gasteiger partial charge in [-0.15, -0.1) is 11.3 Å². The first-order valence-electron chi connectivity index (χ1n) is 9.90. The van der Waals surface area contributed by atoms with Crippen LogP contribution in [0.2, 0.25) is 5.02 Å². The molecule has 1 aliphatic heterocycles. The van der Waals surface area contributed by atoms with Gasteiger partial charge < -0.3 is 10.1 Å². The third-order valence-electron chi connectivity index (χ3n) is 5.12. The largest absolute Gasteiger partial charge is 0.373 e. The molecule has 4 nitrogen and oxygen atoms in total. The summed E-state index contributed by atoms with van der Waals surface area (Å²) in [6.45, 7) is 7.56. The van der Waals surface area contributed by atoms with E-state index in [2.05, 4.69) is 48.3 Å². The fraction of sp³-hybridized carbons (Fsp3) is 0.348. The lowest BCUT2D eigenvalue weighted by Crippen LogP contribution is -2.44. The summed E-state index contributed by atoms with van der Waals surface area (Å²) < 4.78 is 6.83. The van der Waals surface area contributed by atoms with Crippen molar-refractivity contribution in [1.82, 2.24) is 10.2 Å². The van der Waals surface area contributed by atoms with Crippen molar-refractivity contribution in [2.75, 3.05) is 13.1 Å². The molecule has 1 aromatic heterocycles. The van der Waals surface area contributed by atoms with Crippen LogP contribution in [0.3, 0.4) is 0 Å². The Hall–Kier alpha value is -1.92. The van der Waals surface area contributed by atoms with Crippen LogP contribution in [0.25, 0.3) is 10.1 Å². The molecule has 1 aliphatic rings. The predicted octanol–water partition coefficient (Wildman–Crippen LogP) is 5.09. The highest BCUT2D eigenvalue weighted by Crippen LogP contribution is 2.35. The van der Waals surface area contributed by atoms with Gasteiger partial charge in [-0.05, 0) is 31.0 Å². The fourth-order valence-electron chi connectivity index (χ4n) is 3.86. The maximum atomic E-state index is 12.6. The number of hydrogen-bond donors (Lipinski definition) is 1. The van der Waals surface area contributed by atoms with E-state index in [1.165, 1.54) is 16.9 Å². The number of carbonyl (C=O) groups is 1. The Labute approximate surface area is 180 Å². The molecule has 0 bridgehead atoms. The van der Waals surface area contributed by atoms with E-state index in [9.17, 15) is 4.79 Å². The van der Waals surface area contributed by atoms with Gasteiger partial charge in [-0.25, -0.2) is 0 Å². The summed E-state index contributed by atoms with van der Waals surface area (Å²) in [6, 6.07) is 16.2. The Morgan fingerprint density at radius 2 is 1.76 bits per heavy atom. The van der Waals surface area contributed by atoms with Gasteiger partial charge >= 0.3 is 0 Å². The van der Waals surface area contributed by atoms with Gasteiger partial charge in [0.1, 0.15) is 4.88 Å². The Morgan fingerprint density at radius 3 is 2.45 bits per heavy atom. The number of rotatable bonds is 5. The Balaban J connectivity index is 1.35. The van der Waals surface area contributed by atoms with Gasteiger partial charge in [-0.3, -0.25) is 9.69 Å². The summed E-state index contributed by atoms with van der Waals surface area (Å²) in [5.74, 6) is -0.128. The van der Waals surface area contributed by atoms with Crippen LogP contribution in [0.5, 0.6) is 0 Å². The normalized spacial score (nSPS) is 20.1. The number of carbonyl (C=O) groups excluding carboxylic acids is 1. The molecule has 2 heterocycles. The average molecular weight is 429 g/mol. The van der Waals surface area contributed by atoms with Crippen LogP contribution in [0, 0.1) is 0 Å². The van der Waals surface area contributed by atoms with Crippen molar-refractivity contribution in [2.45, 2.75) is 39.1 Å². The molecule has 2 atom stereocenters. The zero-order valence-electron chi connectivity index (χ0n) is 16.7. The van der Waals surface area contributed by atoms with Gasteiger partial charge in [0.2, 0.25) is 0 Å².